The lowest BCUT2D eigenvalue weighted by molar-refractivity contribution is 0.0529. The van der Waals surface area contributed by atoms with Crippen LogP contribution in [0, 0.1) is 0 Å². The Morgan fingerprint density at radius 3 is 2.76 bits per heavy atom. The van der Waals surface area contributed by atoms with Crippen LogP contribution in [0.3, 0.4) is 0 Å². The summed E-state index contributed by atoms with van der Waals surface area (Å²) in [6.07, 6.45) is 2.87. The summed E-state index contributed by atoms with van der Waals surface area (Å²) in [6, 6.07) is 7.84. The van der Waals surface area contributed by atoms with Crippen LogP contribution in [0.4, 0.5) is 0 Å². The van der Waals surface area contributed by atoms with Crippen LogP contribution >= 0.6 is 0 Å². The second kappa shape index (κ2) is 4.07. The van der Waals surface area contributed by atoms with E-state index in [9.17, 15) is 0 Å². The summed E-state index contributed by atoms with van der Waals surface area (Å²) in [4.78, 5) is 4.57. The van der Waals surface area contributed by atoms with E-state index >= 15 is 0 Å². The molecule has 1 aliphatic heterocycles. The lowest BCUT2D eigenvalue weighted by Crippen LogP contribution is -2.51. The summed E-state index contributed by atoms with van der Waals surface area (Å²) in [7, 11) is 0. The first-order valence-corrected chi connectivity index (χ1v) is 7.39. The molecular formula is C16H19N3O2. The van der Waals surface area contributed by atoms with Gasteiger partial charge in [-0.2, -0.15) is 4.98 Å². The molecule has 0 amide bonds. The summed E-state index contributed by atoms with van der Waals surface area (Å²) < 4.78 is 11.4. The Bertz CT molecular complexity index is 690. The lowest BCUT2D eigenvalue weighted by Gasteiger charge is -2.42. The van der Waals surface area contributed by atoms with E-state index in [0.29, 0.717) is 18.2 Å². The van der Waals surface area contributed by atoms with Gasteiger partial charge in [0.2, 0.25) is 5.89 Å². The van der Waals surface area contributed by atoms with E-state index in [1.807, 2.05) is 38.1 Å². The molecule has 1 aromatic carbocycles. The first kappa shape index (κ1) is 12.8. The van der Waals surface area contributed by atoms with E-state index < -0.39 is 5.54 Å². The zero-order valence-electron chi connectivity index (χ0n) is 12.3. The number of hydrogen-bond acceptors (Lipinski definition) is 5. The van der Waals surface area contributed by atoms with E-state index in [0.717, 1.165) is 30.0 Å². The van der Waals surface area contributed by atoms with Gasteiger partial charge in [-0.1, -0.05) is 23.4 Å². The number of ether oxygens (including phenoxy) is 1. The van der Waals surface area contributed by atoms with Gasteiger partial charge in [-0.05, 0) is 32.8 Å². The maximum atomic E-state index is 6.74. The van der Waals surface area contributed by atoms with Gasteiger partial charge < -0.3 is 15.0 Å². The standard InChI is InChI=1S/C16H19N3O2/c1-15(2)9-16(17,11-5-3-4-6-12(11)20-15)14-18-13(21-19-14)10-7-8-10/h3-6,10H,7-9,17H2,1-2H3. The van der Waals surface area contributed by atoms with Gasteiger partial charge >= 0.3 is 0 Å². The van der Waals surface area contributed by atoms with Crippen molar-refractivity contribution in [2.24, 2.45) is 5.73 Å². The molecule has 2 heterocycles. The molecule has 21 heavy (non-hydrogen) atoms. The average molecular weight is 285 g/mol. The summed E-state index contributed by atoms with van der Waals surface area (Å²) >= 11 is 0. The molecule has 2 N–H and O–H groups in total. The van der Waals surface area contributed by atoms with E-state index in [1.54, 1.807) is 0 Å². The minimum atomic E-state index is -0.769. The summed E-state index contributed by atoms with van der Waals surface area (Å²) in [5, 5.41) is 4.17. The highest BCUT2D eigenvalue weighted by molar-refractivity contribution is 5.45. The van der Waals surface area contributed by atoms with Crippen molar-refractivity contribution in [3.63, 3.8) is 0 Å². The molecule has 1 aliphatic carbocycles. The Labute approximate surface area is 123 Å². The minimum absolute atomic E-state index is 0.372. The van der Waals surface area contributed by atoms with Crippen molar-refractivity contribution < 1.29 is 9.26 Å². The van der Waals surface area contributed by atoms with Gasteiger partial charge in [-0.15, -0.1) is 0 Å². The van der Waals surface area contributed by atoms with Gasteiger partial charge in [-0.25, -0.2) is 0 Å². The number of benzene rings is 1. The van der Waals surface area contributed by atoms with Gasteiger partial charge in [0.15, 0.2) is 5.82 Å². The number of aromatic nitrogens is 2. The highest BCUT2D eigenvalue weighted by Gasteiger charge is 2.47. The maximum Gasteiger partial charge on any atom is 0.229 e. The fourth-order valence-electron chi connectivity index (χ4n) is 3.14. The van der Waals surface area contributed by atoms with Crippen LogP contribution in [0.25, 0.3) is 0 Å². The van der Waals surface area contributed by atoms with Crippen molar-refractivity contribution in [3.8, 4) is 5.75 Å². The Hall–Kier alpha value is -1.88. The largest absolute Gasteiger partial charge is 0.487 e. The molecule has 1 atom stereocenters. The topological polar surface area (TPSA) is 74.2 Å². The summed E-state index contributed by atoms with van der Waals surface area (Å²) in [6.45, 7) is 4.07. The first-order chi connectivity index (χ1) is 9.98. The number of hydrogen-bond donors (Lipinski definition) is 1. The molecule has 2 aliphatic rings. The number of para-hydroxylation sites is 1. The predicted molar refractivity (Wildman–Crippen MR) is 77.0 cm³/mol. The zero-order chi connectivity index (χ0) is 14.7. The van der Waals surface area contributed by atoms with Crippen molar-refractivity contribution in [2.45, 2.75) is 50.2 Å². The van der Waals surface area contributed by atoms with Gasteiger partial charge in [0.25, 0.3) is 0 Å². The van der Waals surface area contributed by atoms with E-state index in [1.165, 1.54) is 0 Å². The third-order valence-corrected chi connectivity index (χ3v) is 4.23. The molecule has 1 fully saturated rings. The molecule has 1 saturated carbocycles. The van der Waals surface area contributed by atoms with Gasteiger partial charge in [-0.3, -0.25) is 0 Å². The van der Waals surface area contributed by atoms with Crippen LogP contribution in [-0.2, 0) is 5.54 Å². The molecule has 5 nitrogen and oxygen atoms in total. The number of rotatable bonds is 2. The fraction of sp³-hybridized carbons (Fsp3) is 0.500. The van der Waals surface area contributed by atoms with E-state index in [-0.39, 0.29) is 5.60 Å². The molecule has 1 aromatic heterocycles. The normalized spacial score (nSPS) is 27.0. The number of fused-ring (bicyclic) bond motifs is 1. The minimum Gasteiger partial charge on any atom is -0.487 e. The van der Waals surface area contributed by atoms with Gasteiger partial charge in [0.1, 0.15) is 16.9 Å². The monoisotopic (exact) mass is 285 g/mol. The van der Waals surface area contributed by atoms with Crippen LogP contribution in [0.1, 0.15) is 56.3 Å². The molecule has 0 spiro atoms. The maximum absolute atomic E-state index is 6.74. The van der Waals surface area contributed by atoms with Gasteiger partial charge in [0.05, 0.1) is 0 Å². The van der Waals surface area contributed by atoms with Gasteiger partial charge in [0, 0.05) is 17.9 Å². The van der Waals surface area contributed by atoms with E-state index in [2.05, 4.69) is 10.1 Å². The molecule has 0 radical (unpaired) electrons. The molecule has 2 aromatic rings. The fourth-order valence-corrected chi connectivity index (χ4v) is 3.14. The molecule has 110 valence electrons. The van der Waals surface area contributed by atoms with Crippen molar-refractivity contribution in [1.29, 1.82) is 0 Å². The van der Waals surface area contributed by atoms with Crippen molar-refractivity contribution >= 4 is 0 Å². The SMILES string of the molecule is CC1(C)CC(N)(c2noc(C3CC3)n2)c2ccccc2O1. The number of nitrogens with zero attached hydrogens (tertiary/aromatic N) is 2. The van der Waals surface area contributed by atoms with Crippen LogP contribution in [0.15, 0.2) is 28.8 Å². The molecular weight excluding hydrogens is 266 g/mol. The molecule has 4 rings (SSSR count). The van der Waals surface area contributed by atoms with Crippen LogP contribution in [0.5, 0.6) is 5.75 Å². The second-order valence-corrected chi connectivity index (χ2v) is 6.74. The van der Waals surface area contributed by atoms with Crippen LogP contribution < -0.4 is 10.5 Å². The molecule has 5 heteroatoms. The Morgan fingerprint density at radius 2 is 2.00 bits per heavy atom. The Morgan fingerprint density at radius 1 is 1.24 bits per heavy atom. The summed E-state index contributed by atoms with van der Waals surface area (Å²) in [5.41, 5.74) is 6.52. The predicted octanol–water partition coefficient (Wildman–Crippen LogP) is 2.71. The molecule has 0 bridgehead atoms. The van der Waals surface area contributed by atoms with Crippen molar-refractivity contribution in [3.05, 3.63) is 41.5 Å². The highest BCUT2D eigenvalue weighted by atomic mass is 16.5. The van der Waals surface area contributed by atoms with E-state index in [4.69, 9.17) is 15.0 Å². The summed E-state index contributed by atoms with van der Waals surface area (Å²) in [5.74, 6) is 2.51. The van der Waals surface area contributed by atoms with Crippen LogP contribution in [-0.4, -0.2) is 15.7 Å². The smallest absolute Gasteiger partial charge is 0.229 e. The van der Waals surface area contributed by atoms with Crippen molar-refractivity contribution in [2.75, 3.05) is 0 Å². The third kappa shape index (κ3) is 2.03. The van der Waals surface area contributed by atoms with Crippen molar-refractivity contribution in [1.82, 2.24) is 10.1 Å². The quantitative estimate of drug-likeness (QED) is 0.918. The Kier molecular flexibility index (Phi) is 2.49. The second-order valence-electron chi connectivity index (χ2n) is 6.74. The molecule has 0 saturated heterocycles. The first-order valence-electron chi connectivity index (χ1n) is 7.39. The van der Waals surface area contributed by atoms with Crippen LogP contribution in [0.2, 0.25) is 0 Å². The highest BCUT2D eigenvalue weighted by Crippen LogP contribution is 2.46. The number of nitrogens with two attached hydrogens (primary N) is 1. The lowest BCUT2D eigenvalue weighted by atomic mass is 9.78. The molecule has 1 unspecified atom stereocenters. The average Bonchev–Trinajstić information content (AvgIpc) is 3.14. The Balaban J connectivity index is 1.83. The third-order valence-electron chi connectivity index (χ3n) is 4.23. The zero-order valence-corrected chi connectivity index (χ0v) is 12.3.